The monoisotopic (exact) mass is 591 g/mol. The Balaban J connectivity index is 1.32. The number of nitrogens with zero attached hydrogens (tertiary/aromatic N) is 2. The minimum Gasteiger partial charge on any atom is -0.385 e. The van der Waals surface area contributed by atoms with Crippen LogP contribution in [0.4, 0.5) is 0 Å². The van der Waals surface area contributed by atoms with Crippen LogP contribution in [0.2, 0.25) is 0 Å². The third-order valence-electron chi connectivity index (χ3n) is 9.61. The molecule has 0 atom stereocenters. The van der Waals surface area contributed by atoms with E-state index in [9.17, 15) is 0 Å². The lowest BCUT2D eigenvalue weighted by molar-refractivity contribution is 0.971. The van der Waals surface area contributed by atoms with E-state index in [-0.39, 0.29) is 0 Å². The number of hydrogen-bond donors (Lipinski definition) is 1. The summed E-state index contributed by atoms with van der Waals surface area (Å²) in [5, 5.41) is 5.20. The van der Waals surface area contributed by atoms with Crippen molar-refractivity contribution in [3.05, 3.63) is 168 Å². The maximum Gasteiger partial charge on any atom is 0.108 e. The van der Waals surface area contributed by atoms with E-state index < -0.39 is 0 Å². The molecule has 0 saturated carbocycles. The van der Waals surface area contributed by atoms with E-state index in [0.29, 0.717) is 5.82 Å². The lowest BCUT2D eigenvalue weighted by Crippen LogP contribution is -2.07. The second-order valence-corrected chi connectivity index (χ2v) is 12.3. The largest absolute Gasteiger partial charge is 0.385 e. The third-order valence-corrected chi connectivity index (χ3v) is 9.61. The molecular weight excluding hydrogens is 558 g/mol. The van der Waals surface area contributed by atoms with Gasteiger partial charge in [0.15, 0.2) is 0 Å². The molecular formula is C43H33N3. The van der Waals surface area contributed by atoms with E-state index in [0.717, 1.165) is 36.0 Å². The van der Waals surface area contributed by atoms with Crippen molar-refractivity contribution in [2.24, 2.45) is 5.73 Å². The van der Waals surface area contributed by atoms with E-state index in [1.807, 2.05) is 6.08 Å². The Morgan fingerprint density at radius 3 is 2.13 bits per heavy atom. The summed E-state index contributed by atoms with van der Waals surface area (Å²) in [7, 11) is 0. The molecule has 0 radical (unpaired) electrons. The predicted octanol–water partition coefficient (Wildman–Crippen LogP) is 10.2. The average Bonchev–Trinajstić information content (AvgIpc) is 3.64. The molecule has 0 aliphatic heterocycles. The number of benzene rings is 6. The summed E-state index contributed by atoms with van der Waals surface area (Å²) in [6, 6.07) is 48.1. The smallest absolute Gasteiger partial charge is 0.108 e. The van der Waals surface area contributed by atoms with Gasteiger partial charge in [-0.25, -0.2) is 0 Å². The Bertz CT molecular complexity index is 2470. The molecule has 0 spiro atoms. The second kappa shape index (κ2) is 10.7. The van der Waals surface area contributed by atoms with Gasteiger partial charge < -0.3 is 10.3 Å². The Morgan fingerprint density at radius 2 is 1.30 bits per heavy atom. The highest BCUT2D eigenvalue weighted by atomic mass is 15.1. The molecule has 2 aromatic heterocycles. The van der Waals surface area contributed by atoms with Crippen LogP contribution in [0.3, 0.4) is 0 Å². The predicted molar refractivity (Wildman–Crippen MR) is 194 cm³/mol. The molecule has 8 aromatic rings. The zero-order valence-electron chi connectivity index (χ0n) is 25.5. The zero-order chi connectivity index (χ0) is 30.6. The van der Waals surface area contributed by atoms with Crippen molar-refractivity contribution in [1.82, 2.24) is 9.13 Å². The van der Waals surface area contributed by atoms with Crippen molar-refractivity contribution in [2.75, 3.05) is 0 Å². The fourth-order valence-corrected chi connectivity index (χ4v) is 7.54. The van der Waals surface area contributed by atoms with Crippen LogP contribution in [-0.4, -0.2) is 9.13 Å². The molecule has 3 heteroatoms. The second-order valence-electron chi connectivity index (χ2n) is 12.3. The molecule has 220 valence electrons. The molecule has 0 saturated heterocycles. The highest BCUT2D eigenvalue weighted by Gasteiger charge is 2.26. The summed E-state index contributed by atoms with van der Waals surface area (Å²) in [6.45, 7) is 0. The van der Waals surface area contributed by atoms with E-state index in [1.165, 1.54) is 60.4 Å². The van der Waals surface area contributed by atoms with Gasteiger partial charge in [0.05, 0.1) is 22.1 Å². The van der Waals surface area contributed by atoms with Crippen LogP contribution in [0.5, 0.6) is 0 Å². The van der Waals surface area contributed by atoms with Crippen molar-refractivity contribution in [3.8, 4) is 16.8 Å². The normalized spacial score (nSPS) is 13.3. The quantitative estimate of drug-likeness (QED) is 0.192. The van der Waals surface area contributed by atoms with E-state index in [1.54, 1.807) is 0 Å². The molecule has 0 bridgehead atoms. The van der Waals surface area contributed by atoms with Crippen LogP contribution in [0.1, 0.15) is 16.7 Å². The molecule has 0 fully saturated rings. The number of allylic oxidation sites excluding steroid dienone is 3. The average molecular weight is 592 g/mol. The van der Waals surface area contributed by atoms with Crippen molar-refractivity contribution < 1.29 is 0 Å². The molecule has 1 aliphatic carbocycles. The molecule has 2 N–H and O–H groups in total. The number of nitrogens with two attached hydrogens (primary N) is 1. The van der Waals surface area contributed by atoms with E-state index in [2.05, 4.69) is 155 Å². The first-order chi connectivity index (χ1) is 22.8. The summed E-state index contributed by atoms with van der Waals surface area (Å²) >= 11 is 0. The molecule has 6 aromatic carbocycles. The standard InChI is InChI=1S/C43H33N3/c44-39(21-10-7-14-29-12-3-1-4-13-29)46-37-19-9-8-18-35(37)36-28-33-23-22-32-17-11-20-38-40(32)41(33)43(42(36)46)45(38)34-26-24-31(25-27-34)30-15-5-2-6-16-30/h1-13,15-21,24-28H,14,22-23,44H2/b10-7-,39-21+. The van der Waals surface area contributed by atoms with Gasteiger partial charge in [-0.1, -0.05) is 115 Å². The Morgan fingerprint density at radius 1 is 0.609 bits per heavy atom. The highest BCUT2D eigenvalue weighted by Crippen LogP contribution is 2.46. The number of fused-ring (bicyclic) bond motifs is 4. The van der Waals surface area contributed by atoms with Gasteiger partial charge in [0.1, 0.15) is 5.82 Å². The van der Waals surface area contributed by atoms with Gasteiger partial charge in [0.2, 0.25) is 0 Å². The number of aromatic nitrogens is 2. The summed E-state index contributed by atoms with van der Waals surface area (Å²) in [5.74, 6) is 0.707. The molecule has 2 heterocycles. The first-order valence-corrected chi connectivity index (χ1v) is 16.1. The van der Waals surface area contributed by atoms with Crippen molar-refractivity contribution in [2.45, 2.75) is 19.3 Å². The Kier molecular flexibility index (Phi) is 6.17. The van der Waals surface area contributed by atoms with Crippen LogP contribution in [0.25, 0.3) is 66.2 Å². The first kappa shape index (κ1) is 26.6. The van der Waals surface area contributed by atoms with Crippen LogP contribution >= 0.6 is 0 Å². The summed E-state index contributed by atoms with van der Waals surface area (Å²) < 4.78 is 4.76. The minimum atomic E-state index is 0.707. The first-order valence-electron chi connectivity index (χ1n) is 16.1. The fourth-order valence-electron chi connectivity index (χ4n) is 7.54. The topological polar surface area (TPSA) is 35.9 Å². The summed E-state index contributed by atoms with van der Waals surface area (Å²) in [4.78, 5) is 0. The zero-order valence-corrected chi connectivity index (χ0v) is 25.5. The van der Waals surface area contributed by atoms with Crippen LogP contribution in [-0.2, 0) is 19.3 Å². The van der Waals surface area contributed by atoms with Gasteiger partial charge in [0, 0.05) is 27.2 Å². The third kappa shape index (κ3) is 4.13. The van der Waals surface area contributed by atoms with Crippen molar-refractivity contribution in [1.29, 1.82) is 0 Å². The van der Waals surface area contributed by atoms with Gasteiger partial charge in [0.25, 0.3) is 0 Å². The van der Waals surface area contributed by atoms with E-state index in [4.69, 9.17) is 5.73 Å². The van der Waals surface area contributed by atoms with Crippen LogP contribution in [0.15, 0.2) is 152 Å². The highest BCUT2D eigenvalue weighted by molar-refractivity contribution is 6.26. The number of para-hydroxylation sites is 1. The maximum absolute atomic E-state index is 7.05. The fraction of sp³-hybridized carbons (Fsp3) is 0.0698. The van der Waals surface area contributed by atoms with Gasteiger partial charge in [-0.2, -0.15) is 0 Å². The number of rotatable bonds is 6. The van der Waals surface area contributed by atoms with Gasteiger partial charge in [-0.15, -0.1) is 0 Å². The molecule has 46 heavy (non-hydrogen) atoms. The van der Waals surface area contributed by atoms with Gasteiger partial charge in [-0.05, 0) is 83.5 Å². The van der Waals surface area contributed by atoms with Gasteiger partial charge in [-0.3, -0.25) is 4.57 Å². The van der Waals surface area contributed by atoms with E-state index >= 15 is 0 Å². The van der Waals surface area contributed by atoms with Crippen molar-refractivity contribution in [3.63, 3.8) is 0 Å². The molecule has 9 rings (SSSR count). The number of aryl methyl sites for hydroxylation is 2. The molecule has 0 unspecified atom stereocenters. The lowest BCUT2D eigenvalue weighted by Gasteiger charge is -2.15. The maximum atomic E-state index is 7.05. The Hall–Kier alpha value is -5.80. The summed E-state index contributed by atoms with van der Waals surface area (Å²) in [6.07, 6.45) is 9.26. The van der Waals surface area contributed by atoms with Gasteiger partial charge >= 0.3 is 0 Å². The lowest BCUT2D eigenvalue weighted by atomic mass is 9.90. The molecule has 1 aliphatic rings. The minimum absolute atomic E-state index is 0.707. The molecule has 3 nitrogen and oxygen atoms in total. The van der Waals surface area contributed by atoms with Crippen molar-refractivity contribution >= 4 is 49.4 Å². The molecule has 0 amide bonds. The van der Waals surface area contributed by atoms with Crippen LogP contribution in [0, 0.1) is 0 Å². The summed E-state index contributed by atoms with van der Waals surface area (Å²) in [5.41, 5.74) is 19.5. The number of hydrogen-bond acceptors (Lipinski definition) is 1. The van der Waals surface area contributed by atoms with Crippen LogP contribution < -0.4 is 5.73 Å². The Labute approximate surface area is 268 Å². The SMILES string of the molecule is N/C(=C\C=C/Cc1ccccc1)n1c2ccccc2c2cc3c4c5c(cccc5n(-c5ccc(-c6ccccc6)cc5)c4c21)CC3.